The van der Waals surface area contributed by atoms with Crippen molar-refractivity contribution < 1.29 is 27.5 Å². The predicted octanol–water partition coefficient (Wildman–Crippen LogP) is 2.96. The molecule has 0 heterocycles. The number of nitrogens with one attached hydrogen (secondary N) is 2. The summed E-state index contributed by atoms with van der Waals surface area (Å²) in [5.74, 6) is -0.435. The summed E-state index contributed by atoms with van der Waals surface area (Å²) in [5.41, 5.74) is -0.873. The summed E-state index contributed by atoms with van der Waals surface area (Å²) in [7, 11) is 0. The van der Waals surface area contributed by atoms with Crippen LogP contribution in [0.3, 0.4) is 0 Å². The van der Waals surface area contributed by atoms with Crippen LogP contribution in [-0.2, 0) is 11.0 Å². The monoisotopic (exact) mass is 332 g/mol. The van der Waals surface area contributed by atoms with E-state index >= 15 is 0 Å². The van der Waals surface area contributed by atoms with E-state index in [4.69, 9.17) is 4.74 Å². The first kappa shape index (κ1) is 18.8. The van der Waals surface area contributed by atoms with Gasteiger partial charge in [0.05, 0.1) is 5.56 Å². The Bertz CT molecular complexity index is 545. The molecular formula is C15H19F3N2O3. The topological polar surface area (TPSA) is 67.4 Å². The summed E-state index contributed by atoms with van der Waals surface area (Å²) in [6, 6.07) is 3.49. The second kappa shape index (κ2) is 8.40. The number of carbonyl (C=O) groups is 2. The van der Waals surface area contributed by atoms with Crippen LogP contribution in [0.15, 0.2) is 24.3 Å². The van der Waals surface area contributed by atoms with E-state index in [2.05, 4.69) is 5.32 Å². The molecule has 0 saturated carbocycles. The van der Waals surface area contributed by atoms with E-state index in [0.717, 1.165) is 18.6 Å². The fourth-order valence-electron chi connectivity index (χ4n) is 1.59. The Morgan fingerprint density at radius 3 is 2.57 bits per heavy atom. The van der Waals surface area contributed by atoms with Gasteiger partial charge in [0, 0.05) is 6.54 Å². The molecule has 0 bridgehead atoms. The van der Waals surface area contributed by atoms with E-state index in [1.807, 2.05) is 19.2 Å². The first-order chi connectivity index (χ1) is 10.7. The molecule has 5 nitrogen and oxygen atoms in total. The van der Waals surface area contributed by atoms with Crippen molar-refractivity contribution in [2.24, 2.45) is 5.92 Å². The molecule has 0 fully saturated rings. The third kappa shape index (κ3) is 7.53. The molecule has 3 amide bonds. The van der Waals surface area contributed by atoms with Crippen molar-refractivity contribution in [3.63, 3.8) is 0 Å². The van der Waals surface area contributed by atoms with Gasteiger partial charge >= 0.3 is 12.2 Å². The van der Waals surface area contributed by atoms with Gasteiger partial charge < -0.3 is 10.1 Å². The normalized spacial score (nSPS) is 11.2. The van der Waals surface area contributed by atoms with E-state index in [1.165, 1.54) is 12.1 Å². The van der Waals surface area contributed by atoms with Gasteiger partial charge in [-0.05, 0) is 30.5 Å². The Morgan fingerprint density at radius 1 is 1.26 bits per heavy atom. The van der Waals surface area contributed by atoms with E-state index < -0.39 is 30.3 Å². The lowest BCUT2D eigenvalue weighted by Gasteiger charge is -2.11. The van der Waals surface area contributed by atoms with Crippen LogP contribution in [-0.4, -0.2) is 25.1 Å². The summed E-state index contributed by atoms with van der Waals surface area (Å²) < 4.78 is 42.5. The van der Waals surface area contributed by atoms with Crippen LogP contribution < -0.4 is 15.4 Å². The summed E-state index contributed by atoms with van der Waals surface area (Å²) in [5, 5.41) is 4.53. The number of amides is 3. The van der Waals surface area contributed by atoms with Gasteiger partial charge in [0.1, 0.15) is 5.75 Å². The molecule has 0 radical (unpaired) electrons. The lowest BCUT2D eigenvalue weighted by Crippen LogP contribution is -2.42. The predicted molar refractivity (Wildman–Crippen MR) is 77.9 cm³/mol. The molecule has 128 valence electrons. The van der Waals surface area contributed by atoms with Gasteiger partial charge in [-0.25, -0.2) is 4.79 Å². The lowest BCUT2D eigenvalue weighted by atomic mass is 10.1. The number of rotatable bonds is 6. The highest BCUT2D eigenvalue weighted by molar-refractivity contribution is 5.94. The molecule has 0 aliphatic carbocycles. The highest BCUT2D eigenvalue weighted by atomic mass is 19.4. The average Bonchev–Trinajstić information content (AvgIpc) is 2.44. The van der Waals surface area contributed by atoms with Gasteiger partial charge in [-0.1, -0.05) is 19.9 Å². The number of ether oxygens (including phenoxy) is 1. The van der Waals surface area contributed by atoms with Gasteiger partial charge in [0.15, 0.2) is 6.61 Å². The SMILES string of the molecule is CC(C)CCNC(=O)NC(=O)COc1cccc(C(F)(F)F)c1. The Labute approximate surface area is 132 Å². The summed E-state index contributed by atoms with van der Waals surface area (Å²) in [6.07, 6.45) is -3.72. The van der Waals surface area contributed by atoms with Gasteiger partial charge in [-0.3, -0.25) is 10.1 Å². The molecule has 0 saturated heterocycles. The molecular weight excluding hydrogens is 313 g/mol. The van der Waals surface area contributed by atoms with Crippen molar-refractivity contribution in [2.45, 2.75) is 26.4 Å². The van der Waals surface area contributed by atoms with Crippen molar-refractivity contribution in [2.75, 3.05) is 13.2 Å². The van der Waals surface area contributed by atoms with Crippen LogP contribution in [0, 0.1) is 5.92 Å². The molecule has 1 aromatic carbocycles. The maximum atomic E-state index is 12.5. The Morgan fingerprint density at radius 2 is 1.96 bits per heavy atom. The fourth-order valence-corrected chi connectivity index (χ4v) is 1.59. The van der Waals surface area contributed by atoms with Crippen LogP contribution in [0.1, 0.15) is 25.8 Å². The number of hydrogen-bond acceptors (Lipinski definition) is 3. The Hall–Kier alpha value is -2.25. The average molecular weight is 332 g/mol. The van der Waals surface area contributed by atoms with Crippen molar-refractivity contribution in [3.05, 3.63) is 29.8 Å². The minimum absolute atomic E-state index is 0.102. The van der Waals surface area contributed by atoms with E-state index in [0.29, 0.717) is 12.5 Å². The molecule has 0 aromatic heterocycles. The zero-order chi connectivity index (χ0) is 17.5. The molecule has 0 aliphatic heterocycles. The zero-order valence-corrected chi connectivity index (χ0v) is 12.9. The van der Waals surface area contributed by atoms with E-state index in [-0.39, 0.29) is 5.75 Å². The number of urea groups is 1. The van der Waals surface area contributed by atoms with Gasteiger partial charge in [0.25, 0.3) is 5.91 Å². The first-order valence-corrected chi connectivity index (χ1v) is 7.06. The lowest BCUT2D eigenvalue weighted by molar-refractivity contribution is -0.137. The molecule has 1 rings (SSSR count). The molecule has 23 heavy (non-hydrogen) atoms. The second-order valence-electron chi connectivity index (χ2n) is 5.30. The second-order valence-corrected chi connectivity index (χ2v) is 5.30. The van der Waals surface area contributed by atoms with Crippen LogP contribution >= 0.6 is 0 Å². The zero-order valence-electron chi connectivity index (χ0n) is 12.9. The van der Waals surface area contributed by atoms with Crippen molar-refractivity contribution >= 4 is 11.9 Å². The molecule has 2 N–H and O–H groups in total. The standard InChI is InChI=1S/C15H19F3N2O3/c1-10(2)6-7-19-14(22)20-13(21)9-23-12-5-3-4-11(8-12)15(16,17)18/h3-5,8,10H,6-7,9H2,1-2H3,(H2,19,20,21,22). The van der Waals surface area contributed by atoms with Crippen LogP contribution in [0.4, 0.5) is 18.0 Å². The number of benzene rings is 1. The minimum Gasteiger partial charge on any atom is -0.484 e. The smallest absolute Gasteiger partial charge is 0.416 e. The molecule has 0 atom stereocenters. The Kier molecular flexibility index (Phi) is 6.87. The Balaban J connectivity index is 2.40. The number of alkyl halides is 3. The maximum absolute atomic E-state index is 12.5. The molecule has 8 heteroatoms. The van der Waals surface area contributed by atoms with Crippen LogP contribution in [0.5, 0.6) is 5.75 Å². The third-order valence-corrected chi connectivity index (χ3v) is 2.79. The van der Waals surface area contributed by atoms with Gasteiger partial charge in [-0.15, -0.1) is 0 Å². The highest BCUT2D eigenvalue weighted by Gasteiger charge is 2.30. The van der Waals surface area contributed by atoms with E-state index in [1.54, 1.807) is 0 Å². The van der Waals surface area contributed by atoms with Crippen LogP contribution in [0.25, 0.3) is 0 Å². The number of hydrogen-bond donors (Lipinski definition) is 2. The highest BCUT2D eigenvalue weighted by Crippen LogP contribution is 2.31. The number of halogens is 3. The fraction of sp³-hybridized carbons (Fsp3) is 0.467. The van der Waals surface area contributed by atoms with Crippen molar-refractivity contribution in [1.82, 2.24) is 10.6 Å². The van der Waals surface area contributed by atoms with Crippen molar-refractivity contribution in [3.8, 4) is 5.75 Å². The third-order valence-electron chi connectivity index (χ3n) is 2.79. The summed E-state index contributed by atoms with van der Waals surface area (Å²) in [6.45, 7) is 3.85. The number of carbonyl (C=O) groups excluding carboxylic acids is 2. The van der Waals surface area contributed by atoms with E-state index in [9.17, 15) is 22.8 Å². The summed E-state index contributed by atoms with van der Waals surface area (Å²) in [4.78, 5) is 22.9. The van der Waals surface area contributed by atoms with Crippen molar-refractivity contribution in [1.29, 1.82) is 0 Å². The minimum atomic E-state index is -4.49. The maximum Gasteiger partial charge on any atom is 0.416 e. The molecule has 0 unspecified atom stereocenters. The summed E-state index contributed by atoms with van der Waals surface area (Å²) >= 11 is 0. The van der Waals surface area contributed by atoms with Crippen LogP contribution in [0.2, 0.25) is 0 Å². The molecule has 0 spiro atoms. The first-order valence-electron chi connectivity index (χ1n) is 7.06. The largest absolute Gasteiger partial charge is 0.484 e. The molecule has 1 aromatic rings. The number of imide groups is 1. The quantitative estimate of drug-likeness (QED) is 0.842. The van der Waals surface area contributed by atoms with Gasteiger partial charge in [-0.2, -0.15) is 13.2 Å². The van der Waals surface area contributed by atoms with Gasteiger partial charge in [0.2, 0.25) is 0 Å². The molecule has 0 aliphatic rings.